The minimum atomic E-state index is 0.740. The summed E-state index contributed by atoms with van der Waals surface area (Å²) in [7, 11) is 0. The lowest BCUT2D eigenvalue weighted by atomic mass is 9.89. The second kappa shape index (κ2) is 7.24. The molecule has 0 aromatic heterocycles. The molecule has 84 valence electrons. The van der Waals surface area contributed by atoms with Gasteiger partial charge in [-0.15, -0.1) is 0 Å². The van der Waals surface area contributed by atoms with Gasteiger partial charge in [-0.2, -0.15) is 0 Å². The minimum absolute atomic E-state index is 0.740. The van der Waals surface area contributed by atoms with Gasteiger partial charge in [-0.05, 0) is 38.1 Å². The third-order valence-corrected chi connectivity index (χ3v) is 3.09. The Bertz CT molecular complexity index is 132. The molecule has 0 aromatic rings. The van der Waals surface area contributed by atoms with Gasteiger partial charge in [0, 0.05) is 19.3 Å². The third-order valence-electron chi connectivity index (χ3n) is 3.09. The lowest BCUT2D eigenvalue weighted by molar-refractivity contribution is 0.0525. The van der Waals surface area contributed by atoms with Gasteiger partial charge in [0.05, 0.1) is 0 Å². The van der Waals surface area contributed by atoms with E-state index in [0.717, 1.165) is 25.2 Å². The second-order valence-corrected chi connectivity index (χ2v) is 4.30. The van der Waals surface area contributed by atoms with Crippen molar-refractivity contribution >= 4 is 0 Å². The monoisotopic (exact) mass is 199 g/mol. The van der Waals surface area contributed by atoms with Gasteiger partial charge in [0.1, 0.15) is 0 Å². The molecule has 2 nitrogen and oxygen atoms in total. The number of nitrogens with one attached hydrogen (secondary N) is 1. The van der Waals surface area contributed by atoms with Crippen LogP contribution in [0.5, 0.6) is 0 Å². The molecule has 0 bridgehead atoms. The zero-order valence-corrected chi connectivity index (χ0v) is 9.72. The highest BCUT2D eigenvalue weighted by Crippen LogP contribution is 2.21. The number of ether oxygens (including phenoxy) is 1. The van der Waals surface area contributed by atoms with Crippen LogP contribution in [0.25, 0.3) is 0 Å². The summed E-state index contributed by atoms with van der Waals surface area (Å²) < 4.78 is 5.40. The van der Waals surface area contributed by atoms with Crippen molar-refractivity contribution < 1.29 is 4.74 Å². The summed E-state index contributed by atoms with van der Waals surface area (Å²) in [6, 6.07) is 0.740. The van der Waals surface area contributed by atoms with Crippen LogP contribution in [0.2, 0.25) is 0 Å². The van der Waals surface area contributed by atoms with Crippen LogP contribution < -0.4 is 5.32 Å². The maximum atomic E-state index is 5.40. The summed E-state index contributed by atoms with van der Waals surface area (Å²) in [4.78, 5) is 0. The third kappa shape index (κ3) is 3.97. The lowest BCUT2D eigenvalue weighted by Gasteiger charge is -2.31. The zero-order valence-electron chi connectivity index (χ0n) is 9.72. The molecule has 0 amide bonds. The van der Waals surface area contributed by atoms with Crippen molar-refractivity contribution in [1.29, 1.82) is 0 Å². The molecule has 2 heteroatoms. The van der Waals surface area contributed by atoms with E-state index in [9.17, 15) is 0 Å². The van der Waals surface area contributed by atoms with E-state index in [4.69, 9.17) is 4.74 Å². The molecule has 1 rings (SSSR count). The summed E-state index contributed by atoms with van der Waals surface area (Å²) in [5.41, 5.74) is 0. The molecule has 0 spiro atoms. The molecule has 1 aliphatic heterocycles. The Kier molecular flexibility index (Phi) is 6.20. The molecule has 1 atom stereocenters. The molecule has 14 heavy (non-hydrogen) atoms. The Hall–Kier alpha value is -0.0800. The highest BCUT2D eigenvalue weighted by atomic mass is 16.5. The van der Waals surface area contributed by atoms with Crippen LogP contribution in [-0.4, -0.2) is 25.8 Å². The van der Waals surface area contributed by atoms with E-state index in [1.807, 2.05) is 0 Å². The minimum Gasteiger partial charge on any atom is -0.381 e. The Morgan fingerprint density at radius 1 is 1.21 bits per heavy atom. The van der Waals surface area contributed by atoms with Gasteiger partial charge in [-0.25, -0.2) is 0 Å². The number of hydrogen-bond acceptors (Lipinski definition) is 2. The fourth-order valence-corrected chi connectivity index (χ4v) is 2.26. The van der Waals surface area contributed by atoms with E-state index < -0.39 is 0 Å². The largest absolute Gasteiger partial charge is 0.381 e. The van der Waals surface area contributed by atoms with Gasteiger partial charge in [0.2, 0.25) is 0 Å². The number of rotatable bonds is 6. The van der Waals surface area contributed by atoms with Gasteiger partial charge in [-0.3, -0.25) is 0 Å². The smallest absolute Gasteiger partial charge is 0.0469 e. The van der Waals surface area contributed by atoms with E-state index >= 15 is 0 Å². The zero-order chi connectivity index (χ0) is 10.2. The Balaban J connectivity index is 2.30. The van der Waals surface area contributed by atoms with Crippen LogP contribution in [0.15, 0.2) is 0 Å². The van der Waals surface area contributed by atoms with Gasteiger partial charge in [0.15, 0.2) is 0 Å². The maximum absolute atomic E-state index is 5.40. The molecule has 0 radical (unpaired) electrons. The Morgan fingerprint density at radius 2 is 1.93 bits per heavy atom. The van der Waals surface area contributed by atoms with Crippen molar-refractivity contribution in [3.63, 3.8) is 0 Å². The highest BCUT2D eigenvalue weighted by Gasteiger charge is 2.22. The Morgan fingerprint density at radius 3 is 2.50 bits per heavy atom. The molecular weight excluding hydrogens is 174 g/mol. The fourth-order valence-electron chi connectivity index (χ4n) is 2.26. The molecule has 1 unspecified atom stereocenters. The van der Waals surface area contributed by atoms with Crippen LogP contribution in [-0.2, 0) is 4.74 Å². The van der Waals surface area contributed by atoms with Crippen molar-refractivity contribution in [2.75, 3.05) is 19.8 Å². The van der Waals surface area contributed by atoms with Crippen LogP contribution in [0, 0.1) is 5.92 Å². The quantitative estimate of drug-likeness (QED) is 0.710. The molecule has 1 fully saturated rings. The van der Waals surface area contributed by atoms with Gasteiger partial charge in [0.25, 0.3) is 0 Å². The summed E-state index contributed by atoms with van der Waals surface area (Å²) in [6.07, 6.45) is 6.36. The van der Waals surface area contributed by atoms with Crippen molar-refractivity contribution in [3.05, 3.63) is 0 Å². The van der Waals surface area contributed by atoms with E-state index in [-0.39, 0.29) is 0 Å². The second-order valence-electron chi connectivity index (χ2n) is 4.30. The molecule has 0 aliphatic carbocycles. The van der Waals surface area contributed by atoms with Gasteiger partial charge < -0.3 is 10.1 Å². The van der Waals surface area contributed by atoms with E-state index in [2.05, 4.69) is 19.2 Å². The first-order valence-corrected chi connectivity index (χ1v) is 6.19. The Labute approximate surface area is 88.4 Å². The van der Waals surface area contributed by atoms with E-state index in [0.29, 0.717) is 0 Å². The molecular formula is C12H25NO. The molecule has 1 heterocycles. The first-order chi connectivity index (χ1) is 6.88. The molecule has 1 saturated heterocycles. The summed E-state index contributed by atoms with van der Waals surface area (Å²) >= 11 is 0. The maximum Gasteiger partial charge on any atom is 0.0469 e. The van der Waals surface area contributed by atoms with Crippen molar-refractivity contribution in [2.24, 2.45) is 5.92 Å². The molecule has 1 N–H and O–H groups in total. The number of hydrogen-bond donors (Lipinski definition) is 1. The standard InChI is InChI=1S/C12H25NO/c1-3-5-12(13-8-4-2)11-6-9-14-10-7-11/h11-13H,3-10H2,1-2H3. The normalized spacial score (nSPS) is 21.0. The first-order valence-electron chi connectivity index (χ1n) is 6.19. The van der Waals surface area contributed by atoms with Gasteiger partial charge in [-0.1, -0.05) is 20.3 Å². The highest BCUT2D eigenvalue weighted by molar-refractivity contribution is 4.78. The van der Waals surface area contributed by atoms with Crippen LogP contribution in [0.4, 0.5) is 0 Å². The van der Waals surface area contributed by atoms with Crippen LogP contribution in [0.3, 0.4) is 0 Å². The lowest BCUT2D eigenvalue weighted by Crippen LogP contribution is -2.39. The van der Waals surface area contributed by atoms with Crippen LogP contribution >= 0.6 is 0 Å². The van der Waals surface area contributed by atoms with Crippen molar-refractivity contribution in [1.82, 2.24) is 5.32 Å². The average Bonchev–Trinajstić information content (AvgIpc) is 2.25. The van der Waals surface area contributed by atoms with Crippen molar-refractivity contribution in [3.8, 4) is 0 Å². The summed E-state index contributed by atoms with van der Waals surface area (Å²) in [6.45, 7) is 7.62. The first kappa shape index (κ1) is 12.0. The predicted octanol–water partition coefficient (Wildman–Crippen LogP) is 2.58. The summed E-state index contributed by atoms with van der Waals surface area (Å²) in [5.74, 6) is 0.857. The van der Waals surface area contributed by atoms with E-state index in [1.165, 1.54) is 38.6 Å². The molecule has 0 saturated carbocycles. The molecule has 0 aromatic carbocycles. The average molecular weight is 199 g/mol. The SMILES string of the molecule is CCCNC(CCC)C1CCOCC1. The topological polar surface area (TPSA) is 21.3 Å². The van der Waals surface area contributed by atoms with Gasteiger partial charge >= 0.3 is 0 Å². The summed E-state index contributed by atoms with van der Waals surface area (Å²) in [5, 5.41) is 3.68. The van der Waals surface area contributed by atoms with E-state index in [1.54, 1.807) is 0 Å². The van der Waals surface area contributed by atoms with Crippen molar-refractivity contribution in [2.45, 2.75) is 52.0 Å². The fraction of sp³-hybridized carbons (Fsp3) is 1.00. The molecule has 1 aliphatic rings. The predicted molar refractivity (Wildman–Crippen MR) is 60.5 cm³/mol. The van der Waals surface area contributed by atoms with Crippen LogP contribution in [0.1, 0.15) is 46.0 Å².